The molecule has 4 rings (SSSR count). The maximum Gasteiger partial charge on any atom is 0.250 e. The zero-order valence-electron chi connectivity index (χ0n) is 17.0. The number of Topliss-reactive ketones (excluding diaryl/α,β-unsaturated/α-hetero) is 1. The van der Waals surface area contributed by atoms with Gasteiger partial charge >= 0.3 is 0 Å². The Morgan fingerprint density at radius 2 is 1.81 bits per heavy atom. The highest BCUT2D eigenvalue weighted by atomic mass is 32.1. The first-order valence-corrected chi connectivity index (χ1v) is 10.4. The van der Waals surface area contributed by atoms with E-state index in [4.69, 9.17) is 9.47 Å². The van der Waals surface area contributed by atoms with Gasteiger partial charge in [0.2, 0.25) is 16.8 Å². The SMILES string of the molecule is COc1ccc(C(=O)CCC(=O)Nc2nc3scc(-c4cccc(OC)c4)n3n2)cc1. The van der Waals surface area contributed by atoms with E-state index in [1.165, 1.54) is 11.3 Å². The number of aromatic nitrogens is 3. The van der Waals surface area contributed by atoms with E-state index in [-0.39, 0.29) is 30.5 Å². The summed E-state index contributed by atoms with van der Waals surface area (Å²) in [5.41, 5.74) is 2.32. The molecule has 4 aromatic rings. The lowest BCUT2D eigenvalue weighted by Gasteiger charge is -2.04. The van der Waals surface area contributed by atoms with Crippen molar-refractivity contribution < 1.29 is 19.1 Å². The van der Waals surface area contributed by atoms with Crippen LogP contribution in [0.1, 0.15) is 23.2 Å². The summed E-state index contributed by atoms with van der Waals surface area (Å²) in [6, 6.07) is 14.4. The maximum atomic E-state index is 12.3. The second kappa shape index (κ2) is 8.97. The van der Waals surface area contributed by atoms with Crippen LogP contribution in [0.4, 0.5) is 5.95 Å². The van der Waals surface area contributed by atoms with E-state index in [0.717, 1.165) is 17.0 Å². The number of ketones is 1. The van der Waals surface area contributed by atoms with E-state index in [2.05, 4.69) is 15.4 Å². The molecular formula is C22H20N4O4S. The molecule has 8 nitrogen and oxygen atoms in total. The van der Waals surface area contributed by atoms with E-state index in [1.807, 2.05) is 29.6 Å². The predicted octanol–water partition coefficient (Wildman–Crippen LogP) is 4.08. The highest BCUT2D eigenvalue weighted by Gasteiger charge is 2.15. The molecule has 0 fully saturated rings. The summed E-state index contributed by atoms with van der Waals surface area (Å²) in [5, 5.41) is 9.01. The third-order valence-corrected chi connectivity index (χ3v) is 5.51. The zero-order chi connectivity index (χ0) is 21.8. The van der Waals surface area contributed by atoms with Crippen LogP contribution in [0.5, 0.6) is 11.5 Å². The highest BCUT2D eigenvalue weighted by molar-refractivity contribution is 7.15. The number of nitrogens with one attached hydrogen (secondary N) is 1. The maximum absolute atomic E-state index is 12.3. The molecule has 1 amide bonds. The van der Waals surface area contributed by atoms with Crippen molar-refractivity contribution in [1.82, 2.24) is 14.6 Å². The Morgan fingerprint density at radius 3 is 2.55 bits per heavy atom. The normalized spacial score (nSPS) is 10.8. The Kier molecular flexibility index (Phi) is 5.94. The van der Waals surface area contributed by atoms with E-state index in [1.54, 1.807) is 43.0 Å². The average molecular weight is 436 g/mol. The topological polar surface area (TPSA) is 94.8 Å². The van der Waals surface area contributed by atoms with Gasteiger partial charge in [0.1, 0.15) is 11.5 Å². The first-order valence-electron chi connectivity index (χ1n) is 9.53. The van der Waals surface area contributed by atoms with Gasteiger partial charge in [-0.15, -0.1) is 16.4 Å². The third kappa shape index (κ3) is 4.56. The van der Waals surface area contributed by atoms with Gasteiger partial charge in [0.05, 0.1) is 19.9 Å². The van der Waals surface area contributed by atoms with Gasteiger partial charge in [0.25, 0.3) is 0 Å². The molecule has 9 heteroatoms. The summed E-state index contributed by atoms with van der Waals surface area (Å²) in [7, 11) is 3.18. The summed E-state index contributed by atoms with van der Waals surface area (Å²) >= 11 is 1.42. The minimum Gasteiger partial charge on any atom is -0.497 e. The summed E-state index contributed by atoms with van der Waals surface area (Å²) in [6.45, 7) is 0. The van der Waals surface area contributed by atoms with Crippen LogP contribution in [0.3, 0.4) is 0 Å². The summed E-state index contributed by atoms with van der Waals surface area (Å²) in [4.78, 5) is 29.6. The third-order valence-electron chi connectivity index (χ3n) is 4.69. The van der Waals surface area contributed by atoms with Gasteiger partial charge in [-0.2, -0.15) is 4.98 Å². The van der Waals surface area contributed by atoms with E-state index in [9.17, 15) is 9.59 Å². The number of hydrogen-bond acceptors (Lipinski definition) is 7. The van der Waals surface area contributed by atoms with Crippen molar-refractivity contribution >= 4 is 33.9 Å². The molecule has 0 atom stereocenters. The number of amides is 1. The molecule has 0 aliphatic heterocycles. The molecular weight excluding hydrogens is 416 g/mol. The van der Waals surface area contributed by atoms with E-state index in [0.29, 0.717) is 16.3 Å². The quantitative estimate of drug-likeness (QED) is 0.418. The molecule has 0 saturated carbocycles. The average Bonchev–Trinajstić information content (AvgIpc) is 3.37. The number of fused-ring (bicyclic) bond motifs is 1. The van der Waals surface area contributed by atoms with Crippen LogP contribution in [-0.2, 0) is 4.79 Å². The molecule has 0 saturated heterocycles. The number of nitrogens with zero attached hydrogens (tertiary/aromatic N) is 3. The molecule has 1 N–H and O–H groups in total. The van der Waals surface area contributed by atoms with Crippen molar-refractivity contribution in [2.24, 2.45) is 0 Å². The second-order valence-electron chi connectivity index (χ2n) is 6.68. The number of ether oxygens (including phenoxy) is 2. The number of benzene rings is 2. The lowest BCUT2D eigenvalue weighted by Crippen LogP contribution is -2.14. The Bertz CT molecular complexity index is 1230. The summed E-state index contributed by atoms with van der Waals surface area (Å²) < 4.78 is 12.0. The second-order valence-corrected chi connectivity index (χ2v) is 7.52. The van der Waals surface area contributed by atoms with Gasteiger partial charge < -0.3 is 9.47 Å². The molecule has 0 spiro atoms. The fourth-order valence-electron chi connectivity index (χ4n) is 3.05. The highest BCUT2D eigenvalue weighted by Crippen LogP contribution is 2.28. The first kappa shape index (κ1) is 20.5. The standard InChI is InChI=1S/C22H20N4O4S/c1-29-16-8-6-14(7-9-16)19(27)10-11-20(28)23-21-24-22-26(25-21)18(13-31-22)15-4-3-5-17(12-15)30-2/h3-9,12-13H,10-11H2,1-2H3,(H,23,25,28). The number of hydrogen-bond donors (Lipinski definition) is 1. The number of methoxy groups -OCH3 is 2. The Labute approximate surface area is 182 Å². The minimum absolute atomic E-state index is 0.0421. The lowest BCUT2D eigenvalue weighted by molar-refractivity contribution is -0.116. The van der Waals surface area contributed by atoms with Crippen molar-refractivity contribution in [2.45, 2.75) is 12.8 Å². The number of rotatable bonds is 8. The Hall–Kier alpha value is -3.72. The van der Waals surface area contributed by atoms with Crippen LogP contribution in [0.2, 0.25) is 0 Å². The number of carbonyl (C=O) groups excluding carboxylic acids is 2. The Balaban J connectivity index is 1.40. The molecule has 31 heavy (non-hydrogen) atoms. The molecule has 2 heterocycles. The monoisotopic (exact) mass is 436 g/mol. The van der Waals surface area contributed by atoms with Gasteiger partial charge in [-0.05, 0) is 36.4 Å². The largest absolute Gasteiger partial charge is 0.497 e. The van der Waals surface area contributed by atoms with Crippen LogP contribution in [0.15, 0.2) is 53.9 Å². The van der Waals surface area contributed by atoms with Crippen molar-refractivity contribution in [3.8, 4) is 22.8 Å². The van der Waals surface area contributed by atoms with Crippen LogP contribution in [0.25, 0.3) is 16.2 Å². The Morgan fingerprint density at radius 1 is 1.03 bits per heavy atom. The molecule has 0 aliphatic rings. The summed E-state index contributed by atoms with van der Waals surface area (Å²) in [6.07, 6.45) is 0.135. The molecule has 2 aromatic heterocycles. The van der Waals surface area contributed by atoms with Crippen molar-refractivity contribution in [1.29, 1.82) is 0 Å². The van der Waals surface area contributed by atoms with Gasteiger partial charge in [0.15, 0.2) is 5.78 Å². The minimum atomic E-state index is -0.317. The van der Waals surface area contributed by atoms with E-state index < -0.39 is 0 Å². The number of anilines is 1. The van der Waals surface area contributed by atoms with Gasteiger partial charge in [-0.3, -0.25) is 14.9 Å². The summed E-state index contributed by atoms with van der Waals surface area (Å²) in [5.74, 6) is 1.19. The van der Waals surface area contributed by atoms with Gasteiger partial charge in [-0.1, -0.05) is 12.1 Å². The molecule has 0 radical (unpaired) electrons. The molecule has 0 bridgehead atoms. The first-order chi connectivity index (χ1) is 15.1. The predicted molar refractivity (Wildman–Crippen MR) is 118 cm³/mol. The lowest BCUT2D eigenvalue weighted by atomic mass is 10.1. The fraction of sp³-hybridized carbons (Fsp3) is 0.182. The molecule has 0 aliphatic carbocycles. The zero-order valence-corrected chi connectivity index (χ0v) is 17.8. The fourth-order valence-corrected chi connectivity index (χ4v) is 3.88. The van der Waals surface area contributed by atoms with Crippen LogP contribution in [-0.4, -0.2) is 40.5 Å². The van der Waals surface area contributed by atoms with Gasteiger partial charge in [-0.25, -0.2) is 4.52 Å². The van der Waals surface area contributed by atoms with E-state index >= 15 is 0 Å². The van der Waals surface area contributed by atoms with Crippen LogP contribution >= 0.6 is 11.3 Å². The molecule has 158 valence electrons. The van der Waals surface area contributed by atoms with Crippen LogP contribution < -0.4 is 14.8 Å². The van der Waals surface area contributed by atoms with Crippen molar-refractivity contribution in [3.05, 3.63) is 59.5 Å². The van der Waals surface area contributed by atoms with Crippen molar-refractivity contribution in [3.63, 3.8) is 0 Å². The number of carbonyl (C=O) groups is 2. The van der Waals surface area contributed by atoms with Crippen molar-refractivity contribution in [2.75, 3.05) is 19.5 Å². The van der Waals surface area contributed by atoms with Gasteiger partial charge in [0, 0.05) is 29.3 Å². The number of thiazole rings is 1. The van der Waals surface area contributed by atoms with Crippen LogP contribution in [0, 0.1) is 0 Å². The smallest absolute Gasteiger partial charge is 0.250 e. The molecule has 0 unspecified atom stereocenters. The molecule has 2 aromatic carbocycles.